The smallest absolute Gasteiger partial charge is 0.170 e. The van der Waals surface area contributed by atoms with Crippen molar-refractivity contribution in [3.8, 4) is 0 Å². The molecule has 0 aromatic carbocycles. The molecule has 228 valence electrons. The molecule has 4 aromatic rings. The zero-order valence-electron chi connectivity index (χ0n) is 21.9. The van der Waals surface area contributed by atoms with Gasteiger partial charge in [0.15, 0.2) is 23.2 Å². The minimum absolute atomic E-state index is 0. The summed E-state index contributed by atoms with van der Waals surface area (Å²) in [6.07, 6.45) is 7.62. The largest absolute Gasteiger partial charge is 0.381 e. The molecule has 0 aliphatic rings. The first-order valence-corrected chi connectivity index (χ1v) is 13.7. The third-order valence-electron chi connectivity index (χ3n) is 5.31. The summed E-state index contributed by atoms with van der Waals surface area (Å²) in [5, 5.41) is 30.0. The van der Waals surface area contributed by atoms with Gasteiger partial charge in [0.1, 0.15) is 21.5 Å². The van der Waals surface area contributed by atoms with Crippen molar-refractivity contribution in [2.75, 3.05) is 5.33 Å². The first kappa shape index (κ1) is 36.9. The van der Waals surface area contributed by atoms with Crippen molar-refractivity contribution in [2.24, 2.45) is 0 Å². The number of nitrogens with zero attached hydrogens (tertiary/aromatic N) is 5. The molecule has 10 nitrogen and oxygen atoms in total. The van der Waals surface area contributed by atoms with Crippen LogP contribution in [0.3, 0.4) is 0 Å². The Hall–Kier alpha value is -3.10. The molecule has 15 heteroatoms. The molecule has 4 heterocycles. The van der Waals surface area contributed by atoms with E-state index in [1.54, 1.807) is 24.3 Å². The number of carbonyl (C=O) groups excluding carboxylic acids is 2. The zero-order valence-corrected chi connectivity index (χ0v) is 25.0. The second kappa shape index (κ2) is 17.1. The lowest BCUT2D eigenvalue weighted by Crippen LogP contribution is -2.40. The van der Waals surface area contributed by atoms with Crippen LogP contribution in [0.2, 0.25) is 10.3 Å². The summed E-state index contributed by atoms with van der Waals surface area (Å²) in [4.78, 5) is 31.4. The average molecular weight is 692 g/mol. The van der Waals surface area contributed by atoms with Crippen LogP contribution in [0.5, 0.6) is 0 Å². The number of Topliss-reactive ketones (excluding diaryl/α,β-unsaturated/α-hetero) is 2. The number of nitrogens with one attached hydrogen (secondary N) is 1. The number of pyridine rings is 2. The average Bonchev–Trinajstić information content (AvgIpc) is 3.54. The van der Waals surface area contributed by atoms with Crippen LogP contribution in [0.15, 0.2) is 61.4 Å². The number of rotatable bonds is 9. The minimum atomic E-state index is -1.64. The van der Waals surface area contributed by atoms with Gasteiger partial charge in [-0.15, -0.1) is 0 Å². The van der Waals surface area contributed by atoms with E-state index in [4.69, 9.17) is 23.2 Å². The molecule has 2 atom stereocenters. The second-order valence-corrected chi connectivity index (χ2v) is 10.5. The Morgan fingerprint density at radius 3 is 1.83 bits per heavy atom. The van der Waals surface area contributed by atoms with Crippen molar-refractivity contribution >= 4 is 50.7 Å². The monoisotopic (exact) mass is 690 g/mol. The number of alkyl halides is 1. The van der Waals surface area contributed by atoms with Gasteiger partial charge < -0.3 is 10.2 Å². The van der Waals surface area contributed by atoms with Gasteiger partial charge in [-0.25, -0.2) is 18.7 Å². The Balaban J connectivity index is 0.000000352. The van der Waals surface area contributed by atoms with Gasteiger partial charge in [0.25, 0.3) is 0 Å². The van der Waals surface area contributed by atoms with Crippen LogP contribution in [0.1, 0.15) is 32.4 Å². The maximum absolute atomic E-state index is 12.8. The normalized spacial score (nSPS) is 13.2. The Morgan fingerprint density at radius 2 is 1.48 bits per heavy atom. The van der Waals surface area contributed by atoms with Gasteiger partial charge in [0.2, 0.25) is 0 Å². The molecule has 0 spiro atoms. The summed E-state index contributed by atoms with van der Waals surface area (Å²) in [5.41, 5.74) is -1.58. The maximum Gasteiger partial charge on any atom is 0.170 e. The molecule has 0 aliphatic heterocycles. The number of hydrogen-bond acceptors (Lipinski definition) is 8. The number of carbonyl (C=O) groups is 2. The highest BCUT2D eigenvalue weighted by Crippen LogP contribution is 2.16. The first-order valence-electron chi connectivity index (χ1n) is 11.8. The summed E-state index contributed by atoms with van der Waals surface area (Å²) in [5.74, 6) is -1.50. The quantitative estimate of drug-likeness (QED) is 0.167. The molecule has 0 fully saturated rings. The highest BCUT2D eigenvalue weighted by atomic mass is 79.9. The van der Waals surface area contributed by atoms with Crippen molar-refractivity contribution in [3.63, 3.8) is 0 Å². The van der Waals surface area contributed by atoms with Gasteiger partial charge in [-0.05, 0) is 49.2 Å². The molecule has 42 heavy (non-hydrogen) atoms. The number of aromatic nitrogens is 6. The number of hydrogen-bond donors (Lipinski definition) is 3. The zero-order chi connectivity index (χ0) is 30.6. The molecule has 4 rings (SSSR count). The van der Waals surface area contributed by atoms with Gasteiger partial charge in [0, 0.05) is 30.6 Å². The molecular weight excluding hydrogens is 661 g/mol. The Morgan fingerprint density at radius 1 is 0.952 bits per heavy atom. The summed E-state index contributed by atoms with van der Waals surface area (Å²) >= 11 is 14.5. The highest BCUT2D eigenvalue weighted by Gasteiger charge is 2.31. The molecule has 0 bridgehead atoms. The van der Waals surface area contributed by atoms with E-state index in [1.807, 2.05) is 0 Å². The Bertz CT molecular complexity index is 1420. The third-order valence-corrected chi connectivity index (χ3v) is 6.81. The van der Waals surface area contributed by atoms with Crippen molar-refractivity contribution in [3.05, 3.63) is 94.5 Å². The summed E-state index contributed by atoms with van der Waals surface area (Å²) in [6, 6.07) is 6.52. The van der Waals surface area contributed by atoms with E-state index < -0.39 is 22.8 Å². The van der Waals surface area contributed by atoms with Crippen LogP contribution in [0, 0.1) is 11.6 Å². The van der Waals surface area contributed by atoms with Crippen LogP contribution < -0.4 is 0 Å². The van der Waals surface area contributed by atoms with Crippen LogP contribution in [0.25, 0.3) is 0 Å². The standard InChI is InChI=1S/C13H13ClFN3O2.C10H11BrClNO2.C3H3FN2.CH4/c1-13(20,8-18-7-10(15)6-17-18)11(19)4-9-2-3-16-12(14)5-9;1-10(15,6-11)8(14)4-7-2-3-13-9(12)5-7;4-3-1-5-6-2-3;/h2-3,5-7,20H,4,8H2,1H3;2-3,5,15H,4,6H2,1H3;1-2H,(H,5,6);1H4/t13-;10-;;/m00../s1. The molecular formula is C27H31BrCl2F2N6O4. The number of H-pyrrole nitrogens is 1. The number of ketones is 2. The second-order valence-electron chi connectivity index (χ2n) is 9.13. The van der Waals surface area contributed by atoms with E-state index in [9.17, 15) is 28.6 Å². The van der Waals surface area contributed by atoms with Crippen molar-refractivity contribution < 1.29 is 28.6 Å². The van der Waals surface area contributed by atoms with Gasteiger partial charge in [-0.2, -0.15) is 10.2 Å². The van der Waals surface area contributed by atoms with E-state index in [0.717, 1.165) is 24.2 Å². The Labute approximate surface area is 260 Å². The fourth-order valence-electron chi connectivity index (χ4n) is 2.99. The molecule has 0 unspecified atom stereocenters. The Kier molecular flexibility index (Phi) is 15.1. The lowest BCUT2D eigenvalue weighted by Gasteiger charge is -2.21. The lowest BCUT2D eigenvalue weighted by molar-refractivity contribution is -0.136. The van der Waals surface area contributed by atoms with E-state index >= 15 is 0 Å². The van der Waals surface area contributed by atoms with E-state index in [0.29, 0.717) is 10.7 Å². The molecule has 0 radical (unpaired) electrons. The summed E-state index contributed by atoms with van der Waals surface area (Å²) in [6.45, 7) is 2.74. The van der Waals surface area contributed by atoms with Gasteiger partial charge >= 0.3 is 0 Å². The van der Waals surface area contributed by atoms with Crippen molar-refractivity contribution in [2.45, 2.75) is 51.9 Å². The van der Waals surface area contributed by atoms with Crippen LogP contribution >= 0.6 is 39.1 Å². The molecule has 4 aromatic heterocycles. The molecule has 0 saturated heterocycles. The summed E-state index contributed by atoms with van der Waals surface area (Å²) in [7, 11) is 0. The third kappa shape index (κ3) is 12.8. The maximum atomic E-state index is 12.8. The van der Waals surface area contributed by atoms with Crippen LogP contribution in [-0.2, 0) is 29.0 Å². The van der Waals surface area contributed by atoms with Crippen molar-refractivity contribution in [1.82, 2.24) is 29.9 Å². The fourth-order valence-corrected chi connectivity index (χ4v) is 3.70. The van der Waals surface area contributed by atoms with Gasteiger partial charge in [0.05, 0.1) is 31.3 Å². The van der Waals surface area contributed by atoms with E-state index in [1.165, 1.54) is 37.1 Å². The van der Waals surface area contributed by atoms with Crippen LogP contribution in [0.4, 0.5) is 8.78 Å². The van der Waals surface area contributed by atoms with E-state index in [-0.39, 0.29) is 48.9 Å². The lowest BCUT2D eigenvalue weighted by atomic mass is 9.95. The first-order chi connectivity index (χ1) is 19.2. The SMILES string of the molecule is C.C[C@](O)(CBr)C(=O)Cc1ccnc(Cl)c1.C[C@](O)(Cn1cc(F)cn1)C(=O)Cc1ccnc(Cl)c1.Fc1cn[nH]c1. The molecule has 0 amide bonds. The number of aliphatic hydroxyl groups is 2. The highest BCUT2D eigenvalue weighted by molar-refractivity contribution is 9.09. The molecule has 0 aliphatic carbocycles. The topological polar surface area (TPSA) is 147 Å². The van der Waals surface area contributed by atoms with Crippen molar-refractivity contribution in [1.29, 1.82) is 0 Å². The molecule has 0 saturated carbocycles. The predicted molar refractivity (Wildman–Crippen MR) is 158 cm³/mol. The molecule has 3 N–H and O–H groups in total. The van der Waals surface area contributed by atoms with Crippen LogP contribution in [-0.4, -0.2) is 68.3 Å². The van der Waals surface area contributed by atoms with Gasteiger partial charge in [-0.1, -0.05) is 46.6 Å². The number of aromatic amines is 1. The minimum Gasteiger partial charge on any atom is -0.381 e. The van der Waals surface area contributed by atoms with E-state index in [2.05, 4.69) is 41.2 Å². The fraction of sp³-hybridized carbons (Fsp3) is 0.333. The van der Waals surface area contributed by atoms with Gasteiger partial charge in [-0.3, -0.25) is 19.4 Å². The number of halogens is 5. The summed E-state index contributed by atoms with van der Waals surface area (Å²) < 4.78 is 25.6. The predicted octanol–water partition coefficient (Wildman–Crippen LogP) is 4.81.